The Morgan fingerprint density at radius 1 is 0.193 bits per heavy atom. The molecule has 0 bridgehead atoms. The number of rotatable bonds is 6. The maximum atomic E-state index is 6.49. The van der Waals surface area contributed by atoms with Crippen LogP contribution in [-0.4, -0.2) is 0 Å². The largest absolute Gasteiger partial charge is 0.456 e. The lowest BCUT2D eigenvalue weighted by atomic mass is 9.91. The molecule has 0 saturated carbocycles. The lowest BCUT2D eigenvalue weighted by Gasteiger charge is -2.12. The van der Waals surface area contributed by atoms with Gasteiger partial charge in [-0.3, -0.25) is 0 Å². The second-order valence-corrected chi connectivity index (χ2v) is 15.0. The standard InChI is InChI=1S/C56H36O/c1-3-11-37(12-4-1)47-29-49(43-21-19-39-15-7-9-17-41(39)27-43)33-51(31-47)45-23-25-55-53(35-45)54-36-46(24-26-56(54)57-55)52-32-48(38-13-5-2-6-14-38)30-50(34-52)44-22-20-40-16-8-10-18-42(40)28-44/h1-36H. The molecule has 1 heteroatoms. The van der Waals surface area contributed by atoms with Crippen molar-refractivity contribution in [3.63, 3.8) is 0 Å². The Balaban J connectivity index is 1.05. The molecule has 57 heavy (non-hydrogen) atoms. The molecule has 11 aromatic rings. The van der Waals surface area contributed by atoms with Crippen LogP contribution in [0.15, 0.2) is 223 Å². The topological polar surface area (TPSA) is 13.1 Å². The van der Waals surface area contributed by atoms with Crippen LogP contribution in [0.1, 0.15) is 0 Å². The Morgan fingerprint density at radius 2 is 0.509 bits per heavy atom. The fourth-order valence-corrected chi connectivity index (χ4v) is 8.39. The first-order valence-corrected chi connectivity index (χ1v) is 19.6. The molecule has 0 unspecified atom stereocenters. The molecule has 0 aliphatic heterocycles. The van der Waals surface area contributed by atoms with E-state index >= 15 is 0 Å². The van der Waals surface area contributed by atoms with Crippen molar-refractivity contribution < 1.29 is 4.42 Å². The molecule has 0 aliphatic carbocycles. The lowest BCUT2D eigenvalue weighted by molar-refractivity contribution is 0.669. The van der Waals surface area contributed by atoms with Gasteiger partial charge in [0.05, 0.1) is 0 Å². The van der Waals surface area contributed by atoms with E-state index in [9.17, 15) is 0 Å². The Labute approximate surface area is 331 Å². The molecule has 0 radical (unpaired) electrons. The number of furan rings is 1. The van der Waals surface area contributed by atoms with Crippen molar-refractivity contribution in [2.24, 2.45) is 0 Å². The van der Waals surface area contributed by atoms with E-state index in [0.717, 1.165) is 33.1 Å². The molecule has 0 fully saturated rings. The summed E-state index contributed by atoms with van der Waals surface area (Å²) in [6.45, 7) is 0. The molecule has 0 amide bonds. The lowest BCUT2D eigenvalue weighted by Crippen LogP contribution is -1.87. The Morgan fingerprint density at radius 3 is 0.912 bits per heavy atom. The van der Waals surface area contributed by atoms with Crippen molar-refractivity contribution in [3.8, 4) is 66.8 Å². The first-order chi connectivity index (χ1) is 28.2. The van der Waals surface area contributed by atoms with E-state index < -0.39 is 0 Å². The summed E-state index contributed by atoms with van der Waals surface area (Å²) in [6.07, 6.45) is 0. The molecule has 0 spiro atoms. The Bertz CT molecular complexity index is 3060. The van der Waals surface area contributed by atoms with Crippen molar-refractivity contribution in [2.75, 3.05) is 0 Å². The molecule has 10 aromatic carbocycles. The van der Waals surface area contributed by atoms with Crippen molar-refractivity contribution in [1.29, 1.82) is 0 Å². The third-order valence-electron chi connectivity index (χ3n) is 11.4. The molecule has 1 heterocycles. The molecule has 0 aliphatic rings. The van der Waals surface area contributed by atoms with E-state index in [1.54, 1.807) is 0 Å². The number of hydrogen-bond acceptors (Lipinski definition) is 1. The fourth-order valence-electron chi connectivity index (χ4n) is 8.39. The average Bonchev–Trinajstić information content (AvgIpc) is 3.66. The van der Waals surface area contributed by atoms with Gasteiger partial charge in [-0.1, -0.05) is 146 Å². The van der Waals surface area contributed by atoms with Crippen LogP contribution in [0, 0.1) is 0 Å². The van der Waals surface area contributed by atoms with E-state index in [1.165, 1.54) is 77.2 Å². The molecule has 0 N–H and O–H groups in total. The monoisotopic (exact) mass is 724 g/mol. The summed E-state index contributed by atoms with van der Waals surface area (Å²) in [6, 6.07) is 79.2. The minimum Gasteiger partial charge on any atom is -0.456 e. The van der Waals surface area contributed by atoms with Gasteiger partial charge in [-0.15, -0.1) is 0 Å². The van der Waals surface area contributed by atoms with Crippen molar-refractivity contribution in [2.45, 2.75) is 0 Å². The van der Waals surface area contributed by atoms with Gasteiger partial charge in [0.25, 0.3) is 0 Å². The normalized spacial score (nSPS) is 11.5. The Kier molecular flexibility index (Phi) is 7.89. The predicted octanol–water partition coefficient (Wildman–Crippen LogP) is 15.9. The summed E-state index contributed by atoms with van der Waals surface area (Å²) in [5.41, 5.74) is 16.0. The Hall–Kier alpha value is -7.48. The van der Waals surface area contributed by atoms with Gasteiger partial charge >= 0.3 is 0 Å². The third-order valence-corrected chi connectivity index (χ3v) is 11.4. The van der Waals surface area contributed by atoms with E-state index in [0.29, 0.717) is 0 Å². The second kappa shape index (κ2) is 13.7. The zero-order valence-electron chi connectivity index (χ0n) is 31.2. The number of fused-ring (bicyclic) bond motifs is 5. The summed E-state index contributed by atoms with van der Waals surface area (Å²) in [7, 11) is 0. The van der Waals surface area contributed by atoms with Gasteiger partial charge in [0.1, 0.15) is 11.2 Å². The van der Waals surface area contributed by atoms with Crippen LogP contribution in [0.2, 0.25) is 0 Å². The van der Waals surface area contributed by atoms with E-state index in [2.05, 4.69) is 218 Å². The predicted molar refractivity (Wildman–Crippen MR) is 241 cm³/mol. The molecular formula is C56H36O. The third kappa shape index (κ3) is 6.16. The zero-order chi connectivity index (χ0) is 37.7. The van der Waals surface area contributed by atoms with Gasteiger partial charge in [-0.05, 0) is 161 Å². The summed E-state index contributed by atoms with van der Waals surface area (Å²) < 4.78 is 6.49. The molecule has 1 aromatic heterocycles. The molecule has 0 saturated heterocycles. The van der Waals surface area contributed by atoms with Gasteiger partial charge in [0.15, 0.2) is 0 Å². The zero-order valence-corrected chi connectivity index (χ0v) is 31.2. The highest BCUT2D eigenvalue weighted by Gasteiger charge is 2.14. The van der Waals surface area contributed by atoms with Gasteiger partial charge in [0.2, 0.25) is 0 Å². The molecule has 11 rings (SSSR count). The minimum atomic E-state index is 0.884. The number of hydrogen-bond donors (Lipinski definition) is 0. The SMILES string of the molecule is c1ccc(-c2cc(-c3ccc4ccccc4c3)cc(-c3ccc4oc5ccc(-c6cc(-c7ccccc7)cc(-c7ccc8ccccc8c7)c6)cc5c4c3)c2)cc1. The van der Waals surface area contributed by atoms with Crippen molar-refractivity contribution >= 4 is 43.5 Å². The minimum absolute atomic E-state index is 0.884. The summed E-state index contributed by atoms with van der Waals surface area (Å²) in [4.78, 5) is 0. The highest BCUT2D eigenvalue weighted by Crippen LogP contribution is 2.40. The first-order valence-electron chi connectivity index (χ1n) is 19.6. The molecular weight excluding hydrogens is 689 g/mol. The maximum absolute atomic E-state index is 6.49. The van der Waals surface area contributed by atoms with E-state index in [1.807, 2.05) is 0 Å². The van der Waals surface area contributed by atoms with Crippen LogP contribution in [0.25, 0.3) is 110 Å². The second-order valence-electron chi connectivity index (χ2n) is 15.0. The van der Waals surface area contributed by atoms with Crippen LogP contribution in [0.4, 0.5) is 0 Å². The average molecular weight is 725 g/mol. The van der Waals surface area contributed by atoms with Crippen LogP contribution < -0.4 is 0 Å². The smallest absolute Gasteiger partial charge is 0.135 e. The van der Waals surface area contributed by atoms with Gasteiger partial charge in [-0.2, -0.15) is 0 Å². The fraction of sp³-hybridized carbons (Fsp3) is 0. The van der Waals surface area contributed by atoms with Gasteiger partial charge in [0, 0.05) is 10.8 Å². The van der Waals surface area contributed by atoms with E-state index in [4.69, 9.17) is 4.42 Å². The van der Waals surface area contributed by atoms with E-state index in [-0.39, 0.29) is 0 Å². The van der Waals surface area contributed by atoms with Crippen LogP contribution >= 0.6 is 0 Å². The van der Waals surface area contributed by atoms with Crippen LogP contribution in [0.5, 0.6) is 0 Å². The van der Waals surface area contributed by atoms with Crippen LogP contribution in [-0.2, 0) is 0 Å². The highest BCUT2D eigenvalue weighted by atomic mass is 16.3. The van der Waals surface area contributed by atoms with Gasteiger partial charge < -0.3 is 4.42 Å². The highest BCUT2D eigenvalue weighted by molar-refractivity contribution is 6.08. The van der Waals surface area contributed by atoms with Gasteiger partial charge in [-0.25, -0.2) is 0 Å². The summed E-state index contributed by atoms with van der Waals surface area (Å²) in [5, 5.41) is 7.18. The van der Waals surface area contributed by atoms with Crippen molar-refractivity contribution in [3.05, 3.63) is 218 Å². The molecule has 0 atom stereocenters. The van der Waals surface area contributed by atoms with Crippen LogP contribution in [0.3, 0.4) is 0 Å². The summed E-state index contributed by atoms with van der Waals surface area (Å²) in [5.74, 6) is 0. The molecule has 1 nitrogen and oxygen atoms in total. The number of benzene rings is 10. The maximum Gasteiger partial charge on any atom is 0.135 e. The quantitative estimate of drug-likeness (QED) is 0.166. The first kappa shape index (κ1) is 32.9. The summed E-state index contributed by atoms with van der Waals surface area (Å²) >= 11 is 0. The molecule has 266 valence electrons. The van der Waals surface area contributed by atoms with Crippen molar-refractivity contribution in [1.82, 2.24) is 0 Å².